The van der Waals surface area contributed by atoms with E-state index in [0.29, 0.717) is 35.4 Å². The van der Waals surface area contributed by atoms with Crippen LogP contribution in [-0.4, -0.2) is 47.0 Å². The average Bonchev–Trinajstić information content (AvgIpc) is 3.40. The first kappa shape index (κ1) is 19.5. The molecule has 9 heteroatoms. The molecule has 5 rings (SSSR count). The van der Waals surface area contributed by atoms with Gasteiger partial charge in [0.25, 0.3) is 5.91 Å². The van der Waals surface area contributed by atoms with E-state index in [4.69, 9.17) is 17.0 Å². The van der Waals surface area contributed by atoms with Crippen molar-refractivity contribution in [2.75, 3.05) is 31.2 Å². The van der Waals surface area contributed by atoms with E-state index in [9.17, 15) is 4.79 Å². The van der Waals surface area contributed by atoms with Crippen LogP contribution in [0.15, 0.2) is 36.4 Å². The molecular formula is C21H23N5O2S2. The molecule has 1 aromatic carbocycles. The summed E-state index contributed by atoms with van der Waals surface area (Å²) < 4.78 is 8.16. The zero-order valence-corrected chi connectivity index (χ0v) is 18.1. The lowest BCUT2D eigenvalue weighted by Crippen LogP contribution is -2.35. The van der Waals surface area contributed by atoms with Gasteiger partial charge < -0.3 is 15.0 Å². The van der Waals surface area contributed by atoms with Gasteiger partial charge in [-0.2, -0.15) is 5.10 Å². The van der Waals surface area contributed by atoms with Crippen molar-refractivity contribution in [1.29, 1.82) is 0 Å². The van der Waals surface area contributed by atoms with Crippen LogP contribution in [0.2, 0.25) is 0 Å². The van der Waals surface area contributed by atoms with Crippen LogP contribution in [0.25, 0.3) is 11.1 Å². The fourth-order valence-corrected chi connectivity index (χ4v) is 5.19. The van der Waals surface area contributed by atoms with Gasteiger partial charge >= 0.3 is 0 Å². The molecule has 0 atom stereocenters. The van der Waals surface area contributed by atoms with Gasteiger partial charge in [0.2, 0.25) is 0 Å². The predicted molar refractivity (Wildman–Crippen MR) is 120 cm³/mol. The van der Waals surface area contributed by atoms with Crippen molar-refractivity contribution < 1.29 is 9.53 Å². The largest absolute Gasteiger partial charge is 0.378 e. The Balaban J connectivity index is 1.39. The summed E-state index contributed by atoms with van der Waals surface area (Å²) in [6.45, 7) is 3.43. The molecule has 156 valence electrons. The molecular weight excluding hydrogens is 418 g/mol. The maximum atomic E-state index is 13.0. The molecule has 0 bridgehead atoms. The number of rotatable bonds is 6. The highest BCUT2D eigenvalue weighted by molar-refractivity contribution is 7.71. The number of nitrogens with one attached hydrogen (secondary N) is 2. The third-order valence-electron chi connectivity index (χ3n) is 5.42. The predicted octanol–water partition coefficient (Wildman–Crippen LogP) is 3.77. The number of aromatic amines is 1. The van der Waals surface area contributed by atoms with Crippen LogP contribution in [-0.2, 0) is 11.3 Å². The number of H-pyrrole nitrogens is 1. The zero-order valence-electron chi connectivity index (χ0n) is 16.5. The summed E-state index contributed by atoms with van der Waals surface area (Å²) in [5.74, 6) is 0.692. The quantitative estimate of drug-likeness (QED) is 0.570. The molecule has 0 radical (unpaired) electrons. The number of ether oxygens (including phenoxy) is 1. The molecule has 0 unspecified atom stereocenters. The molecule has 0 spiro atoms. The first-order chi connectivity index (χ1) is 14.7. The number of aromatic nitrogens is 3. The molecule has 7 nitrogen and oxygen atoms in total. The Morgan fingerprint density at radius 1 is 1.27 bits per heavy atom. The molecule has 3 heterocycles. The molecule has 2 aromatic heterocycles. The third kappa shape index (κ3) is 3.92. The lowest BCUT2D eigenvalue weighted by atomic mass is 10.1. The highest BCUT2D eigenvalue weighted by Crippen LogP contribution is 2.39. The van der Waals surface area contributed by atoms with Gasteiger partial charge in [-0.05, 0) is 36.7 Å². The number of morpholine rings is 1. The number of carbonyl (C=O) groups excluding carboxylic acids is 1. The summed E-state index contributed by atoms with van der Waals surface area (Å²) in [6.07, 6.45) is 2.23. The summed E-state index contributed by atoms with van der Waals surface area (Å²) >= 11 is 6.86. The zero-order chi connectivity index (χ0) is 20.5. The third-order valence-corrected chi connectivity index (χ3v) is 6.90. The molecule has 2 fully saturated rings. The number of hydrogen-bond donors (Lipinski definition) is 2. The normalized spacial score (nSPS) is 16.6. The Labute approximate surface area is 183 Å². The first-order valence-corrected chi connectivity index (χ1v) is 11.4. The second-order valence-electron chi connectivity index (χ2n) is 7.52. The van der Waals surface area contributed by atoms with Crippen molar-refractivity contribution in [1.82, 2.24) is 20.1 Å². The van der Waals surface area contributed by atoms with E-state index in [1.165, 1.54) is 11.3 Å². The summed E-state index contributed by atoms with van der Waals surface area (Å²) in [5.41, 5.74) is 2.21. The summed E-state index contributed by atoms with van der Waals surface area (Å²) in [7, 11) is 0. The molecule has 1 saturated heterocycles. The van der Waals surface area contributed by atoms with Gasteiger partial charge in [-0.1, -0.05) is 30.3 Å². The van der Waals surface area contributed by atoms with Crippen molar-refractivity contribution in [3.05, 3.63) is 51.9 Å². The Morgan fingerprint density at radius 2 is 2.03 bits per heavy atom. The number of nitrogens with zero attached hydrogens (tertiary/aromatic N) is 3. The summed E-state index contributed by atoms with van der Waals surface area (Å²) in [6, 6.07) is 12.6. The van der Waals surface area contributed by atoms with E-state index in [1.54, 1.807) is 0 Å². The van der Waals surface area contributed by atoms with Crippen LogP contribution < -0.4 is 10.2 Å². The Morgan fingerprint density at radius 3 is 2.77 bits per heavy atom. The Hall–Kier alpha value is -2.49. The van der Waals surface area contributed by atoms with E-state index >= 15 is 0 Å². The second-order valence-corrected chi connectivity index (χ2v) is 8.94. The fourth-order valence-electron chi connectivity index (χ4n) is 3.74. The van der Waals surface area contributed by atoms with Gasteiger partial charge in [0.15, 0.2) is 10.6 Å². The molecule has 1 amide bonds. The number of amides is 1. The fraction of sp³-hybridized carbons (Fsp3) is 0.381. The molecule has 2 aliphatic rings. The summed E-state index contributed by atoms with van der Waals surface area (Å²) in [5, 5.41) is 11.3. The van der Waals surface area contributed by atoms with Crippen molar-refractivity contribution in [3.63, 3.8) is 0 Å². The summed E-state index contributed by atoms with van der Waals surface area (Å²) in [4.78, 5) is 16.0. The van der Waals surface area contributed by atoms with E-state index in [1.807, 2.05) is 28.8 Å². The smallest absolute Gasteiger partial charge is 0.261 e. The number of thiophene rings is 1. The van der Waals surface area contributed by atoms with Gasteiger partial charge in [0.05, 0.1) is 29.6 Å². The van der Waals surface area contributed by atoms with E-state index < -0.39 is 0 Å². The van der Waals surface area contributed by atoms with Crippen LogP contribution in [0.4, 0.5) is 5.00 Å². The van der Waals surface area contributed by atoms with Gasteiger partial charge in [0.1, 0.15) is 0 Å². The van der Waals surface area contributed by atoms with Crippen molar-refractivity contribution in [2.45, 2.75) is 25.4 Å². The maximum absolute atomic E-state index is 13.0. The highest BCUT2D eigenvalue weighted by Gasteiger charge is 2.27. The van der Waals surface area contributed by atoms with Crippen molar-refractivity contribution in [2.24, 2.45) is 0 Å². The van der Waals surface area contributed by atoms with Gasteiger partial charge in [0, 0.05) is 24.7 Å². The van der Waals surface area contributed by atoms with E-state index in [2.05, 4.69) is 32.5 Å². The molecule has 1 aliphatic carbocycles. The Bertz CT molecular complexity index is 1090. The minimum atomic E-state index is -0.0899. The molecule has 3 aromatic rings. The van der Waals surface area contributed by atoms with Gasteiger partial charge in [-0.3, -0.25) is 14.5 Å². The van der Waals surface area contributed by atoms with Crippen LogP contribution in [0.5, 0.6) is 0 Å². The number of anilines is 1. The maximum Gasteiger partial charge on any atom is 0.261 e. The van der Waals surface area contributed by atoms with Gasteiger partial charge in [-0.25, -0.2) is 0 Å². The molecule has 1 saturated carbocycles. The number of benzene rings is 1. The van der Waals surface area contributed by atoms with Crippen LogP contribution in [0, 0.1) is 4.77 Å². The Kier molecular flexibility index (Phi) is 5.41. The molecule has 1 aliphatic heterocycles. The van der Waals surface area contributed by atoms with E-state index in [0.717, 1.165) is 47.9 Å². The molecule has 2 N–H and O–H groups in total. The SMILES string of the molecule is O=C(NCc1n[nH]c(=S)n1C1CC1)c1cc(-c2ccccc2)c(N2CCOCC2)s1. The van der Waals surface area contributed by atoms with Crippen molar-refractivity contribution in [3.8, 4) is 11.1 Å². The van der Waals surface area contributed by atoms with Crippen molar-refractivity contribution >= 4 is 34.5 Å². The van der Waals surface area contributed by atoms with E-state index in [-0.39, 0.29) is 5.91 Å². The second kappa shape index (κ2) is 8.33. The topological polar surface area (TPSA) is 75.2 Å². The lowest BCUT2D eigenvalue weighted by molar-refractivity contribution is 0.0953. The molecule has 30 heavy (non-hydrogen) atoms. The van der Waals surface area contributed by atoms with Gasteiger partial charge in [-0.15, -0.1) is 11.3 Å². The lowest BCUT2D eigenvalue weighted by Gasteiger charge is -2.28. The standard InChI is InChI=1S/C21H23N5O2S2/c27-19(22-13-18-23-24-21(29)26(18)15-6-7-15)17-12-16(14-4-2-1-3-5-14)20(30-17)25-8-10-28-11-9-25/h1-5,12,15H,6-11,13H2,(H,22,27)(H,24,29). The van der Waals surface area contributed by atoms with Crippen LogP contribution >= 0.6 is 23.6 Å². The average molecular weight is 442 g/mol. The highest BCUT2D eigenvalue weighted by atomic mass is 32.1. The number of hydrogen-bond acceptors (Lipinski definition) is 6. The first-order valence-electron chi connectivity index (χ1n) is 10.2. The monoisotopic (exact) mass is 441 g/mol. The minimum absolute atomic E-state index is 0.0899. The van der Waals surface area contributed by atoms with Crippen LogP contribution in [0.1, 0.15) is 34.4 Å². The minimum Gasteiger partial charge on any atom is -0.378 e. The van der Waals surface area contributed by atoms with Crippen LogP contribution in [0.3, 0.4) is 0 Å². The number of carbonyl (C=O) groups is 1.